The number of likely N-dealkylation sites (tertiary alicyclic amines) is 1. The van der Waals surface area contributed by atoms with E-state index in [4.69, 9.17) is 0 Å². The average molecular weight is 331 g/mol. The van der Waals surface area contributed by atoms with Crippen molar-refractivity contribution in [2.75, 3.05) is 19.6 Å². The van der Waals surface area contributed by atoms with Crippen LogP contribution in [0.5, 0.6) is 5.75 Å². The number of phenols is 1. The molecule has 3 rings (SSSR count). The summed E-state index contributed by atoms with van der Waals surface area (Å²) in [6, 6.07) is 14.3. The second kappa shape index (κ2) is 7.84. The van der Waals surface area contributed by atoms with Crippen LogP contribution in [0.25, 0.3) is 0 Å². The number of rotatable bonds is 5. The average Bonchev–Trinajstić information content (AvgIpc) is 2.58. The number of piperidine rings is 1. The lowest BCUT2D eigenvalue weighted by atomic mass is 10.1. The van der Waals surface area contributed by atoms with Crippen LogP contribution in [0, 0.1) is 5.82 Å². The summed E-state index contributed by atoms with van der Waals surface area (Å²) in [7, 11) is 0. The van der Waals surface area contributed by atoms with Crippen molar-refractivity contribution in [3.8, 4) is 5.75 Å². The zero-order chi connectivity index (χ0) is 16.1. The number of aromatic hydroxyl groups is 1. The van der Waals surface area contributed by atoms with Crippen LogP contribution in [-0.2, 0) is 6.42 Å². The predicted octanol–water partition coefficient (Wildman–Crippen LogP) is 4.33. The van der Waals surface area contributed by atoms with E-state index in [1.807, 2.05) is 36.0 Å². The largest absolute Gasteiger partial charge is 0.508 e. The Morgan fingerprint density at radius 3 is 2.30 bits per heavy atom. The summed E-state index contributed by atoms with van der Waals surface area (Å²) >= 11 is 1.91. The summed E-state index contributed by atoms with van der Waals surface area (Å²) in [6.07, 6.45) is 3.36. The molecule has 0 aliphatic carbocycles. The summed E-state index contributed by atoms with van der Waals surface area (Å²) in [5, 5.41) is 9.98. The number of benzene rings is 2. The molecule has 1 heterocycles. The van der Waals surface area contributed by atoms with Gasteiger partial charge in [-0.3, -0.25) is 0 Å². The van der Waals surface area contributed by atoms with Crippen LogP contribution >= 0.6 is 11.8 Å². The molecule has 2 nitrogen and oxygen atoms in total. The first kappa shape index (κ1) is 16.3. The van der Waals surface area contributed by atoms with E-state index in [2.05, 4.69) is 4.90 Å². The van der Waals surface area contributed by atoms with E-state index in [1.165, 1.54) is 35.4 Å². The van der Waals surface area contributed by atoms with Crippen LogP contribution in [0.15, 0.2) is 53.4 Å². The zero-order valence-corrected chi connectivity index (χ0v) is 13.9. The van der Waals surface area contributed by atoms with Crippen LogP contribution in [0.1, 0.15) is 18.4 Å². The highest BCUT2D eigenvalue weighted by atomic mass is 32.2. The second-order valence-corrected chi connectivity index (χ2v) is 7.40. The van der Waals surface area contributed by atoms with Crippen molar-refractivity contribution in [2.24, 2.45) is 0 Å². The van der Waals surface area contributed by atoms with Gasteiger partial charge in [0.15, 0.2) is 0 Å². The Morgan fingerprint density at radius 1 is 1.00 bits per heavy atom. The first-order chi connectivity index (χ1) is 11.2. The van der Waals surface area contributed by atoms with Crippen molar-refractivity contribution in [2.45, 2.75) is 29.4 Å². The standard InChI is InChI=1S/C19H22FNOS/c20-16-3-1-15(2-4-16)9-12-21-13-10-19(11-14-21)23-18-7-5-17(22)6-8-18/h1-8,19,22H,9-14H2. The molecule has 0 atom stereocenters. The fourth-order valence-corrected chi connectivity index (χ4v) is 4.03. The van der Waals surface area contributed by atoms with Crippen molar-refractivity contribution in [3.05, 3.63) is 59.9 Å². The number of hydrogen-bond acceptors (Lipinski definition) is 3. The lowest BCUT2D eigenvalue weighted by molar-refractivity contribution is 0.235. The molecular formula is C19H22FNOS. The molecule has 1 aliphatic rings. The molecule has 0 radical (unpaired) electrons. The zero-order valence-electron chi connectivity index (χ0n) is 13.1. The van der Waals surface area contributed by atoms with Gasteiger partial charge < -0.3 is 10.0 Å². The van der Waals surface area contributed by atoms with E-state index >= 15 is 0 Å². The third kappa shape index (κ3) is 4.98. The monoisotopic (exact) mass is 331 g/mol. The molecule has 2 aromatic carbocycles. The first-order valence-electron chi connectivity index (χ1n) is 8.11. The number of hydrogen-bond donors (Lipinski definition) is 1. The Kier molecular flexibility index (Phi) is 5.57. The Labute approximate surface area is 141 Å². The molecular weight excluding hydrogens is 309 g/mol. The molecule has 0 amide bonds. The predicted molar refractivity (Wildman–Crippen MR) is 93.5 cm³/mol. The van der Waals surface area contributed by atoms with Gasteiger partial charge in [-0.2, -0.15) is 0 Å². The molecule has 1 aliphatic heterocycles. The molecule has 0 unspecified atom stereocenters. The van der Waals surface area contributed by atoms with E-state index in [-0.39, 0.29) is 5.82 Å². The van der Waals surface area contributed by atoms with Gasteiger partial charge in [0.25, 0.3) is 0 Å². The highest BCUT2D eigenvalue weighted by molar-refractivity contribution is 8.00. The minimum atomic E-state index is -0.166. The number of phenolic OH excluding ortho intramolecular Hbond substituents is 1. The molecule has 0 aromatic heterocycles. The number of halogens is 1. The maximum absolute atomic E-state index is 12.9. The Morgan fingerprint density at radius 2 is 1.65 bits per heavy atom. The lowest BCUT2D eigenvalue weighted by Crippen LogP contribution is -2.36. The molecule has 0 saturated carbocycles. The van der Waals surface area contributed by atoms with Crippen LogP contribution in [0.2, 0.25) is 0 Å². The summed E-state index contributed by atoms with van der Waals surface area (Å²) in [5.74, 6) is 0.158. The van der Waals surface area contributed by atoms with Gasteiger partial charge >= 0.3 is 0 Å². The molecule has 1 fully saturated rings. The first-order valence-corrected chi connectivity index (χ1v) is 8.99. The van der Waals surface area contributed by atoms with Crippen LogP contribution in [0.4, 0.5) is 4.39 Å². The van der Waals surface area contributed by atoms with Gasteiger partial charge in [0.2, 0.25) is 0 Å². The highest BCUT2D eigenvalue weighted by Crippen LogP contribution is 2.31. The second-order valence-electron chi connectivity index (χ2n) is 6.03. The molecule has 122 valence electrons. The fourth-order valence-electron chi connectivity index (χ4n) is 2.91. The van der Waals surface area contributed by atoms with Gasteiger partial charge in [-0.05, 0) is 74.3 Å². The van der Waals surface area contributed by atoms with Crippen molar-refractivity contribution in [1.82, 2.24) is 4.90 Å². The van der Waals surface area contributed by atoms with E-state index < -0.39 is 0 Å². The smallest absolute Gasteiger partial charge is 0.123 e. The summed E-state index contributed by atoms with van der Waals surface area (Å²) in [6.45, 7) is 3.29. The summed E-state index contributed by atoms with van der Waals surface area (Å²) in [5.41, 5.74) is 1.20. The Hall–Kier alpha value is -1.52. The van der Waals surface area contributed by atoms with Gasteiger partial charge in [0.1, 0.15) is 11.6 Å². The molecule has 1 saturated heterocycles. The fraction of sp³-hybridized carbons (Fsp3) is 0.368. The van der Waals surface area contributed by atoms with Crippen LogP contribution < -0.4 is 0 Å². The van der Waals surface area contributed by atoms with E-state index in [0.29, 0.717) is 11.0 Å². The van der Waals surface area contributed by atoms with Crippen LogP contribution in [-0.4, -0.2) is 34.9 Å². The van der Waals surface area contributed by atoms with Gasteiger partial charge in [-0.15, -0.1) is 11.8 Å². The van der Waals surface area contributed by atoms with Crippen molar-refractivity contribution < 1.29 is 9.50 Å². The van der Waals surface area contributed by atoms with E-state index in [1.54, 1.807) is 12.1 Å². The summed E-state index contributed by atoms with van der Waals surface area (Å²) < 4.78 is 12.9. The third-order valence-corrected chi connectivity index (χ3v) is 5.65. The van der Waals surface area contributed by atoms with E-state index in [9.17, 15) is 9.50 Å². The maximum Gasteiger partial charge on any atom is 0.123 e. The summed E-state index contributed by atoms with van der Waals surface area (Å²) in [4.78, 5) is 3.73. The van der Waals surface area contributed by atoms with Gasteiger partial charge in [0.05, 0.1) is 0 Å². The Balaban J connectivity index is 1.41. The Bertz CT molecular complexity index is 606. The van der Waals surface area contributed by atoms with Gasteiger partial charge in [-0.1, -0.05) is 12.1 Å². The minimum Gasteiger partial charge on any atom is -0.508 e. The normalized spacial score (nSPS) is 16.6. The number of nitrogens with zero attached hydrogens (tertiary/aromatic N) is 1. The third-order valence-electron chi connectivity index (χ3n) is 4.30. The molecule has 0 spiro atoms. The molecule has 1 N–H and O–H groups in total. The molecule has 0 bridgehead atoms. The molecule has 2 aromatic rings. The topological polar surface area (TPSA) is 23.5 Å². The van der Waals surface area contributed by atoms with Crippen molar-refractivity contribution in [1.29, 1.82) is 0 Å². The van der Waals surface area contributed by atoms with E-state index in [0.717, 1.165) is 26.1 Å². The van der Waals surface area contributed by atoms with Gasteiger partial charge in [-0.25, -0.2) is 4.39 Å². The van der Waals surface area contributed by atoms with Crippen molar-refractivity contribution in [3.63, 3.8) is 0 Å². The molecule has 23 heavy (non-hydrogen) atoms. The number of thioether (sulfide) groups is 1. The minimum absolute atomic E-state index is 0.166. The molecule has 4 heteroatoms. The van der Waals surface area contributed by atoms with Crippen LogP contribution in [0.3, 0.4) is 0 Å². The van der Waals surface area contributed by atoms with Gasteiger partial charge in [0, 0.05) is 16.7 Å². The quantitative estimate of drug-likeness (QED) is 0.882. The lowest BCUT2D eigenvalue weighted by Gasteiger charge is -2.31. The SMILES string of the molecule is Oc1ccc(SC2CCN(CCc3ccc(F)cc3)CC2)cc1. The maximum atomic E-state index is 12.9. The van der Waals surface area contributed by atoms with Crippen molar-refractivity contribution >= 4 is 11.8 Å². The highest BCUT2D eigenvalue weighted by Gasteiger charge is 2.19.